The second-order valence-electron chi connectivity index (χ2n) is 9.48. The van der Waals surface area contributed by atoms with Crippen molar-refractivity contribution in [1.82, 2.24) is 25.2 Å². The Morgan fingerprint density at radius 2 is 1.90 bits per heavy atom. The average molecular weight is 563 g/mol. The van der Waals surface area contributed by atoms with E-state index in [2.05, 4.69) is 20.8 Å². The molecular formula is C28H24Cl2N6O3. The second kappa shape index (κ2) is 10.6. The van der Waals surface area contributed by atoms with Gasteiger partial charge in [0, 0.05) is 41.9 Å². The van der Waals surface area contributed by atoms with Crippen molar-refractivity contribution in [3.63, 3.8) is 0 Å². The number of hydroxylamine groups is 1. The van der Waals surface area contributed by atoms with Gasteiger partial charge in [-0.05, 0) is 47.7 Å². The molecule has 11 heteroatoms. The molecule has 0 aliphatic carbocycles. The molecule has 0 radical (unpaired) electrons. The number of nitrogens with zero attached hydrogens (tertiary/aromatic N) is 4. The lowest BCUT2D eigenvalue weighted by Gasteiger charge is -2.23. The highest BCUT2D eigenvalue weighted by Gasteiger charge is 2.31. The van der Waals surface area contributed by atoms with Crippen LogP contribution in [0.25, 0.3) is 11.3 Å². The molecule has 3 aliphatic heterocycles. The molecule has 0 fully saturated rings. The number of hydrogen-bond acceptors (Lipinski definition) is 7. The number of hydrogen-bond donors (Lipinski definition) is 2. The fourth-order valence-electron chi connectivity index (χ4n) is 4.97. The maximum absolute atomic E-state index is 13.3. The molecule has 0 bridgehead atoms. The van der Waals surface area contributed by atoms with E-state index < -0.39 is 0 Å². The van der Waals surface area contributed by atoms with Gasteiger partial charge in [0.2, 0.25) is 11.9 Å². The predicted molar refractivity (Wildman–Crippen MR) is 148 cm³/mol. The van der Waals surface area contributed by atoms with Crippen molar-refractivity contribution >= 4 is 41.0 Å². The minimum atomic E-state index is -0.183. The Labute approximate surface area is 235 Å². The average Bonchev–Trinajstić information content (AvgIpc) is 3.10. The van der Waals surface area contributed by atoms with Gasteiger partial charge >= 0.3 is 0 Å². The first-order valence-electron chi connectivity index (χ1n) is 12.5. The van der Waals surface area contributed by atoms with Gasteiger partial charge in [0.1, 0.15) is 12.8 Å². The lowest BCUT2D eigenvalue weighted by molar-refractivity contribution is -0.131. The van der Waals surface area contributed by atoms with Crippen LogP contribution >= 0.6 is 23.2 Å². The van der Waals surface area contributed by atoms with Crippen molar-refractivity contribution in [1.29, 1.82) is 0 Å². The summed E-state index contributed by atoms with van der Waals surface area (Å²) < 4.78 is 0. The van der Waals surface area contributed by atoms with E-state index in [-0.39, 0.29) is 18.4 Å². The molecule has 0 atom stereocenters. The van der Waals surface area contributed by atoms with E-state index in [0.717, 1.165) is 18.4 Å². The molecule has 9 nitrogen and oxygen atoms in total. The van der Waals surface area contributed by atoms with Crippen LogP contribution in [0.5, 0.6) is 0 Å². The summed E-state index contributed by atoms with van der Waals surface area (Å²) >= 11 is 12.6. The zero-order valence-corrected chi connectivity index (χ0v) is 22.3. The van der Waals surface area contributed by atoms with E-state index in [4.69, 9.17) is 28.0 Å². The predicted octanol–water partition coefficient (Wildman–Crippen LogP) is 4.34. The molecular weight excluding hydrogens is 539 g/mol. The van der Waals surface area contributed by atoms with Crippen LogP contribution in [0.15, 0.2) is 66.8 Å². The number of carbonyl (C=O) groups is 2. The smallest absolute Gasteiger partial charge is 0.254 e. The maximum Gasteiger partial charge on any atom is 0.254 e. The number of aromatic nitrogens is 2. The molecule has 4 heterocycles. The van der Waals surface area contributed by atoms with Gasteiger partial charge < -0.3 is 20.0 Å². The topological polar surface area (TPSA) is 99.7 Å². The van der Waals surface area contributed by atoms with E-state index in [0.29, 0.717) is 58.1 Å². The maximum atomic E-state index is 13.3. The third-order valence-electron chi connectivity index (χ3n) is 7.01. The van der Waals surface area contributed by atoms with Crippen molar-refractivity contribution in [2.24, 2.45) is 0 Å². The highest BCUT2D eigenvalue weighted by atomic mass is 35.5. The summed E-state index contributed by atoms with van der Waals surface area (Å²) in [6.07, 6.45) is 7.86. The van der Waals surface area contributed by atoms with Gasteiger partial charge in [-0.3, -0.25) is 9.59 Å². The number of benzene rings is 2. The number of fused-ring (bicyclic) bond motifs is 2. The monoisotopic (exact) mass is 562 g/mol. The molecule has 0 saturated carbocycles. The highest BCUT2D eigenvalue weighted by molar-refractivity contribution is 6.33. The van der Waals surface area contributed by atoms with E-state index in [1.54, 1.807) is 23.2 Å². The van der Waals surface area contributed by atoms with Crippen LogP contribution in [0, 0.1) is 0 Å². The van der Waals surface area contributed by atoms with Crippen LogP contribution < -0.4 is 10.8 Å². The van der Waals surface area contributed by atoms with Crippen molar-refractivity contribution in [3.05, 3.63) is 99.1 Å². The van der Waals surface area contributed by atoms with Crippen LogP contribution in [-0.2, 0) is 29.0 Å². The fraction of sp³-hybridized carbons (Fsp3) is 0.214. The number of halogens is 2. The Kier molecular flexibility index (Phi) is 6.85. The lowest BCUT2D eigenvalue weighted by Crippen LogP contribution is -2.41. The molecule has 0 unspecified atom stereocenters. The summed E-state index contributed by atoms with van der Waals surface area (Å²) in [5.74, 6) is 0.0999. The SMILES string of the molecule is O=C(CN1Cc2ccc(-c3nc(NC4=CNOC=C4)ncc3Cl)cc2C1=O)N1CCc2ccc(Cl)cc2CC1. The van der Waals surface area contributed by atoms with Crippen LogP contribution in [-0.4, -0.2) is 51.2 Å². The Balaban J connectivity index is 1.15. The van der Waals surface area contributed by atoms with Crippen molar-refractivity contribution in [2.45, 2.75) is 19.4 Å². The third-order valence-corrected chi connectivity index (χ3v) is 7.52. The number of nitrogens with one attached hydrogen (secondary N) is 2. The summed E-state index contributed by atoms with van der Waals surface area (Å²) in [7, 11) is 0. The van der Waals surface area contributed by atoms with E-state index >= 15 is 0 Å². The normalized spacial score (nSPS) is 16.1. The van der Waals surface area contributed by atoms with Gasteiger partial charge in [-0.1, -0.05) is 41.4 Å². The number of allylic oxidation sites excluding steroid dienone is 1. The summed E-state index contributed by atoms with van der Waals surface area (Å²) in [6.45, 7) is 1.63. The number of amides is 2. The van der Waals surface area contributed by atoms with E-state index in [1.807, 2.05) is 35.2 Å². The molecule has 2 aromatic carbocycles. The Hall–Kier alpha value is -4.08. The summed E-state index contributed by atoms with van der Waals surface area (Å²) in [5, 5.41) is 4.14. The molecule has 0 saturated heterocycles. The minimum Gasteiger partial charge on any atom is -0.390 e. The summed E-state index contributed by atoms with van der Waals surface area (Å²) in [4.78, 5) is 43.7. The second-order valence-corrected chi connectivity index (χ2v) is 10.3. The van der Waals surface area contributed by atoms with Crippen LogP contribution in [0.3, 0.4) is 0 Å². The van der Waals surface area contributed by atoms with Gasteiger partial charge in [-0.2, -0.15) is 0 Å². The Bertz CT molecular complexity index is 1540. The van der Waals surface area contributed by atoms with Crippen LogP contribution in [0.1, 0.15) is 27.0 Å². The van der Waals surface area contributed by atoms with Gasteiger partial charge in [0.25, 0.3) is 5.91 Å². The number of carbonyl (C=O) groups excluding carboxylic acids is 2. The first-order valence-corrected chi connectivity index (χ1v) is 13.3. The first-order chi connectivity index (χ1) is 18.9. The standard InChI is InChI=1S/C28H24Cl2N6O3/c29-21-4-3-17-5-8-35(9-6-18(17)11-21)25(37)16-36-15-20-2-1-19(12-23(20)27(36)38)26-24(30)14-31-28(34-26)33-22-7-10-39-32-13-22/h1-4,7,10-14,32H,5-6,8-9,15-16H2,(H,31,33,34). The molecule has 3 aliphatic rings. The van der Waals surface area contributed by atoms with Crippen molar-refractivity contribution in [3.8, 4) is 11.3 Å². The van der Waals surface area contributed by atoms with E-state index in [9.17, 15) is 9.59 Å². The van der Waals surface area contributed by atoms with Gasteiger partial charge in [-0.15, -0.1) is 0 Å². The van der Waals surface area contributed by atoms with Gasteiger partial charge in [0.15, 0.2) is 0 Å². The molecule has 198 valence electrons. The summed E-state index contributed by atoms with van der Waals surface area (Å²) in [6, 6.07) is 11.4. The van der Waals surface area contributed by atoms with Crippen LogP contribution in [0.2, 0.25) is 10.0 Å². The largest absolute Gasteiger partial charge is 0.390 e. The quantitative estimate of drug-likeness (QED) is 0.477. The van der Waals surface area contributed by atoms with E-state index in [1.165, 1.54) is 23.6 Å². The minimum absolute atomic E-state index is 0.0304. The molecule has 39 heavy (non-hydrogen) atoms. The molecule has 1 aromatic heterocycles. The molecule has 6 rings (SSSR count). The summed E-state index contributed by atoms with van der Waals surface area (Å²) in [5.41, 5.74) is 8.30. The fourth-order valence-corrected chi connectivity index (χ4v) is 5.37. The first kappa shape index (κ1) is 25.2. The zero-order valence-electron chi connectivity index (χ0n) is 20.8. The zero-order chi connectivity index (χ0) is 26.9. The van der Waals surface area contributed by atoms with Crippen molar-refractivity contribution < 1.29 is 14.4 Å². The molecule has 0 spiro atoms. The molecule has 3 aromatic rings. The lowest BCUT2D eigenvalue weighted by atomic mass is 10.0. The molecule has 2 amide bonds. The number of rotatable bonds is 5. The Morgan fingerprint density at radius 3 is 2.72 bits per heavy atom. The third kappa shape index (κ3) is 5.28. The number of anilines is 1. The van der Waals surface area contributed by atoms with Crippen LogP contribution in [0.4, 0.5) is 5.95 Å². The van der Waals surface area contributed by atoms with Gasteiger partial charge in [-0.25, -0.2) is 15.4 Å². The van der Waals surface area contributed by atoms with Gasteiger partial charge in [0.05, 0.1) is 28.8 Å². The molecule has 2 N–H and O–H groups in total. The van der Waals surface area contributed by atoms with Crippen molar-refractivity contribution in [2.75, 3.05) is 25.0 Å². The highest BCUT2D eigenvalue weighted by Crippen LogP contribution is 2.32. The Morgan fingerprint density at radius 1 is 1.08 bits per heavy atom.